The first kappa shape index (κ1) is 29.9. The number of hydrogen-bond acceptors (Lipinski definition) is 4. The summed E-state index contributed by atoms with van der Waals surface area (Å²) in [5.74, 6) is 1.20. The van der Waals surface area contributed by atoms with Crippen LogP contribution < -0.4 is 10.6 Å². The van der Waals surface area contributed by atoms with Gasteiger partial charge in [0.25, 0.3) is 0 Å². The standard InChI is InChI=1S/C38H44Cl2N4/c1-24-18-25-20-26(19-24)36-35(21-25)44-34-23-28(40)13-15-31(34)38(36)42-17-9-5-3-2-4-8-16-41-37-29-10-6-7-11-32(29)43-33-22-27(39)12-14-30(33)37/h12-15,18,22-23,25-26H,2-11,16-17,19-21H2,1H3,(H,41,43)(H,42,44)/t25-,26+/m0/s1. The van der Waals surface area contributed by atoms with Crippen molar-refractivity contribution in [1.29, 1.82) is 0 Å². The van der Waals surface area contributed by atoms with Crippen molar-refractivity contribution in [1.82, 2.24) is 9.97 Å². The number of rotatable bonds is 11. The van der Waals surface area contributed by atoms with Crippen LogP contribution in [0.5, 0.6) is 0 Å². The molecule has 0 radical (unpaired) electrons. The van der Waals surface area contributed by atoms with E-state index < -0.39 is 0 Å². The lowest BCUT2D eigenvalue weighted by Gasteiger charge is -2.36. The van der Waals surface area contributed by atoms with E-state index in [1.807, 2.05) is 24.3 Å². The van der Waals surface area contributed by atoms with Crippen molar-refractivity contribution in [3.63, 3.8) is 0 Å². The Bertz CT molecular complexity index is 1710. The number of pyridine rings is 2. The lowest BCUT2D eigenvalue weighted by Crippen LogP contribution is -2.24. The van der Waals surface area contributed by atoms with E-state index >= 15 is 0 Å². The average Bonchev–Trinajstić information content (AvgIpc) is 3.00. The van der Waals surface area contributed by atoms with Gasteiger partial charge in [-0.15, -0.1) is 0 Å². The van der Waals surface area contributed by atoms with E-state index in [-0.39, 0.29) is 0 Å². The maximum atomic E-state index is 6.38. The molecule has 0 saturated carbocycles. The van der Waals surface area contributed by atoms with Crippen LogP contribution >= 0.6 is 23.2 Å². The van der Waals surface area contributed by atoms with E-state index in [9.17, 15) is 0 Å². The Labute approximate surface area is 272 Å². The molecule has 4 nitrogen and oxygen atoms in total. The average molecular weight is 628 g/mol. The first-order valence-corrected chi connectivity index (χ1v) is 17.7. The van der Waals surface area contributed by atoms with Gasteiger partial charge in [-0.1, -0.05) is 60.5 Å². The van der Waals surface area contributed by atoms with Gasteiger partial charge in [0.05, 0.1) is 11.0 Å². The normalized spacial score (nSPS) is 19.0. The lowest BCUT2D eigenvalue weighted by atomic mass is 9.71. The Kier molecular flexibility index (Phi) is 9.01. The van der Waals surface area contributed by atoms with Crippen molar-refractivity contribution in [2.24, 2.45) is 5.92 Å². The minimum atomic E-state index is 0.575. The van der Waals surface area contributed by atoms with Gasteiger partial charge in [0, 0.05) is 62.2 Å². The SMILES string of the molecule is CC1=C[C@@H]2Cc3nc4cc(Cl)ccc4c(NCCCCCCCCNc4c5c(nc6cc(Cl)ccc46)CCCC5)c3[C@H](C1)C2. The number of allylic oxidation sites excluding steroid dienone is 2. The molecule has 2 aromatic heterocycles. The first-order chi connectivity index (χ1) is 21.5. The predicted octanol–water partition coefficient (Wildman–Crippen LogP) is 10.8. The number of nitrogens with one attached hydrogen (secondary N) is 2. The van der Waals surface area contributed by atoms with Gasteiger partial charge < -0.3 is 10.6 Å². The van der Waals surface area contributed by atoms with Gasteiger partial charge >= 0.3 is 0 Å². The second-order valence-electron chi connectivity index (χ2n) is 13.4. The van der Waals surface area contributed by atoms with Gasteiger partial charge in [-0.05, 0) is 119 Å². The van der Waals surface area contributed by atoms with Gasteiger partial charge in [-0.25, -0.2) is 0 Å². The summed E-state index contributed by atoms with van der Waals surface area (Å²) in [5, 5.41) is 11.7. The smallest absolute Gasteiger partial charge is 0.0741 e. The van der Waals surface area contributed by atoms with Gasteiger partial charge in [0.2, 0.25) is 0 Å². The Balaban J connectivity index is 0.904. The number of benzene rings is 2. The van der Waals surface area contributed by atoms with Crippen LogP contribution in [0.3, 0.4) is 0 Å². The van der Waals surface area contributed by atoms with E-state index in [0.29, 0.717) is 11.8 Å². The third kappa shape index (κ3) is 6.30. The molecule has 4 aromatic rings. The highest BCUT2D eigenvalue weighted by Gasteiger charge is 2.33. The molecule has 3 aliphatic rings. The third-order valence-corrected chi connectivity index (χ3v) is 10.5. The van der Waals surface area contributed by atoms with E-state index in [1.54, 1.807) is 0 Å². The predicted molar refractivity (Wildman–Crippen MR) is 188 cm³/mol. The van der Waals surface area contributed by atoms with E-state index in [1.165, 1.54) is 108 Å². The molecule has 0 saturated heterocycles. The van der Waals surface area contributed by atoms with Crippen molar-refractivity contribution in [2.75, 3.05) is 23.7 Å². The second-order valence-corrected chi connectivity index (χ2v) is 14.3. The Morgan fingerprint density at radius 2 is 1.34 bits per heavy atom. The fraction of sp³-hybridized carbons (Fsp3) is 0.474. The molecule has 2 aromatic carbocycles. The monoisotopic (exact) mass is 626 g/mol. The highest BCUT2D eigenvalue weighted by Crippen LogP contribution is 2.47. The van der Waals surface area contributed by atoms with Crippen LogP contribution in [-0.2, 0) is 19.3 Å². The number of unbranched alkanes of at least 4 members (excludes halogenated alkanes) is 5. The molecule has 7 rings (SSSR count). The molecule has 44 heavy (non-hydrogen) atoms. The Hall–Kier alpha value is -2.82. The third-order valence-electron chi connectivity index (χ3n) is 10.0. The zero-order valence-corrected chi connectivity index (χ0v) is 27.5. The van der Waals surface area contributed by atoms with Crippen LogP contribution in [0.25, 0.3) is 21.8 Å². The minimum absolute atomic E-state index is 0.575. The summed E-state index contributed by atoms with van der Waals surface area (Å²) in [5.41, 5.74) is 11.7. The molecule has 0 spiro atoms. The number of nitrogens with zero attached hydrogens (tertiary/aromatic N) is 2. The van der Waals surface area contributed by atoms with Crippen molar-refractivity contribution >= 4 is 56.4 Å². The maximum Gasteiger partial charge on any atom is 0.0741 e. The largest absolute Gasteiger partial charge is 0.384 e. The van der Waals surface area contributed by atoms with E-state index in [4.69, 9.17) is 33.2 Å². The number of aryl methyl sites for hydroxylation is 1. The molecule has 3 aliphatic carbocycles. The molecule has 0 unspecified atom stereocenters. The van der Waals surface area contributed by atoms with Crippen molar-refractivity contribution in [2.45, 2.75) is 96.3 Å². The lowest BCUT2D eigenvalue weighted by molar-refractivity contribution is 0.433. The molecule has 0 aliphatic heterocycles. The van der Waals surface area contributed by atoms with Gasteiger partial charge in [-0.3, -0.25) is 9.97 Å². The van der Waals surface area contributed by atoms with Crippen molar-refractivity contribution in [3.05, 3.63) is 80.6 Å². The Morgan fingerprint density at radius 3 is 2.07 bits per heavy atom. The van der Waals surface area contributed by atoms with Crippen molar-refractivity contribution < 1.29 is 0 Å². The molecule has 2 N–H and O–H groups in total. The van der Waals surface area contributed by atoms with Gasteiger partial charge in [0.15, 0.2) is 0 Å². The summed E-state index contributed by atoms with van der Waals surface area (Å²) in [6, 6.07) is 12.3. The summed E-state index contributed by atoms with van der Waals surface area (Å²) in [4.78, 5) is 10.1. The minimum Gasteiger partial charge on any atom is -0.384 e. The molecule has 0 amide bonds. The summed E-state index contributed by atoms with van der Waals surface area (Å²) in [7, 11) is 0. The number of fused-ring (bicyclic) bond motifs is 7. The number of anilines is 2. The molecule has 230 valence electrons. The molecule has 6 heteroatoms. The highest BCUT2D eigenvalue weighted by molar-refractivity contribution is 6.31. The maximum absolute atomic E-state index is 6.38. The van der Waals surface area contributed by atoms with E-state index in [0.717, 1.165) is 59.9 Å². The number of hydrogen-bond donors (Lipinski definition) is 2. The van der Waals surface area contributed by atoms with Crippen LogP contribution in [0.1, 0.15) is 99.6 Å². The summed E-state index contributed by atoms with van der Waals surface area (Å²) >= 11 is 12.7. The van der Waals surface area contributed by atoms with Crippen LogP contribution in [0.15, 0.2) is 48.0 Å². The number of halogens is 2. The molecular weight excluding hydrogens is 583 g/mol. The molecule has 2 atom stereocenters. The highest BCUT2D eigenvalue weighted by atomic mass is 35.5. The second kappa shape index (κ2) is 13.3. The zero-order valence-electron chi connectivity index (χ0n) is 26.0. The summed E-state index contributed by atoms with van der Waals surface area (Å²) in [6.45, 7) is 4.31. The summed E-state index contributed by atoms with van der Waals surface area (Å²) < 4.78 is 0. The topological polar surface area (TPSA) is 49.8 Å². The van der Waals surface area contributed by atoms with Gasteiger partial charge in [0.1, 0.15) is 0 Å². The molecule has 0 fully saturated rings. The first-order valence-electron chi connectivity index (χ1n) is 16.9. The fourth-order valence-corrected chi connectivity index (χ4v) is 8.39. The van der Waals surface area contributed by atoms with Crippen molar-refractivity contribution in [3.8, 4) is 0 Å². The van der Waals surface area contributed by atoms with Crippen LogP contribution in [0, 0.1) is 5.92 Å². The van der Waals surface area contributed by atoms with Crippen LogP contribution in [0.4, 0.5) is 11.4 Å². The van der Waals surface area contributed by atoms with E-state index in [2.05, 4.69) is 35.8 Å². The van der Waals surface area contributed by atoms with Crippen LogP contribution in [0.2, 0.25) is 10.0 Å². The molecule has 2 heterocycles. The Morgan fingerprint density at radius 1 is 0.727 bits per heavy atom. The fourth-order valence-electron chi connectivity index (χ4n) is 8.06. The van der Waals surface area contributed by atoms with Gasteiger partial charge in [-0.2, -0.15) is 0 Å². The number of aromatic nitrogens is 2. The molecule has 2 bridgehead atoms. The van der Waals surface area contributed by atoms with Crippen LogP contribution in [-0.4, -0.2) is 23.1 Å². The molecular formula is C38H44Cl2N4. The summed E-state index contributed by atoms with van der Waals surface area (Å²) in [6.07, 6.45) is 18.1. The quantitative estimate of drug-likeness (QED) is 0.128. The zero-order chi connectivity index (χ0) is 30.0.